The third-order valence-electron chi connectivity index (χ3n) is 4.12. The fraction of sp³-hybridized carbons (Fsp3) is 0.182. The summed E-state index contributed by atoms with van der Waals surface area (Å²) in [5.74, 6) is 0.547. The van der Waals surface area contributed by atoms with E-state index in [1.54, 1.807) is 25.2 Å². The summed E-state index contributed by atoms with van der Waals surface area (Å²) in [5.41, 5.74) is 3.93. The van der Waals surface area contributed by atoms with Crippen LogP contribution in [0.2, 0.25) is 0 Å². The molecule has 2 aromatic carbocycles. The molecule has 0 spiro atoms. The number of rotatable bonds is 6. The average Bonchev–Trinajstić information content (AvgIpc) is 3.08. The number of hydrogen-bond donors (Lipinski definition) is 0. The lowest BCUT2D eigenvalue weighted by Gasteiger charge is -2.08. The zero-order chi connectivity index (χ0) is 18.5. The molecule has 130 valence electrons. The normalized spacial score (nSPS) is 12.8. The van der Waals surface area contributed by atoms with E-state index in [9.17, 15) is 10.1 Å². The number of fused-ring (bicyclic) bond motifs is 1. The Morgan fingerprint density at radius 2 is 2.00 bits per heavy atom. The van der Waals surface area contributed by atoms with Crippen LogP contribution < -0.4 is 4.74 Å². The minimum absolute atomic E-state index is 0.148. The lowest BCUT2D eigenvalue weighted by molar-refractivity contribution is -0.111. The highest BCUT2D eigenvalue weighted by atomic mass is 16.5. The maximum atomic E-state index is 12.6. The van der Waals surface area contributed by atoms with Gasteiger partial charge in [-0.1, -0.05) is 36.4 Å². The summed E-state index contributed by atoms with van der Waals surface area (Å²) in [6.45, 7) is 0.499. The van der Waals surface area contributed by atoms with Crippen molar-refractivity contribution in [2.75, 3.05) is 14.1 Å². The van der Waals surface area contributed by atoms with Crippen molar-refractivity contribution >= 4 is 11.9 Å². The number of hydrogen-bond acceptors (Lipinski definition) is 4. The highest BCUT2D eigenvalue weighted by molar-refractivity contribution is 6.14. The Labute approximate surface area is 153 Å². The summed E-state index contributed by atoms with van der Waals surface area (Å²) < 4.78 is 5.85. The van der Waals surface area contributed by atoms with Crippen LogP contribution in [-0.2, 0) is 17.8 Å². The van der Waals surface area contributed by atoms with Gasteiger partial charge >= 0.3 is 0 Å². The number of carbonyl (C=O) groups is 1. The zero-order valence-electron chi connectivity index (χ0n) is 14.9. The summed E-state index contributed by atoms with van der Waals surface area (Å²) in [4.78, 5) is 14.3. The van der Waals surface area contributed by atoms with Gasteiger partial charge in [0, 0.05) is 32.3 Å². The van der Waals surface area contributed by atoms with E-state index >= 15 is 0 Å². The largest absolute Gasteiger partial charge is 0.489 e. The fourth-order valence-electron chi connectivity index (χ4n) is 2.86. The lowest BCUT2D eigenvalue weighted by atomic mass is 10.0. The van der Waals surface area contributed by atoms with Gasteiger partial charge in [-0.05, 0) is 34.9 Å². The molecule has 0 atom stereocenters. The number of carbonyl (C=O) groups excluding carboxylic acids is 1. The third-order valence-corrected chi connectivity index (χ3v) is 4.12. The summed E-state index contributed by atoms with van der Waals surface area (Å²) in [6.07, 6.45) is 3.95. The second-order valence-electron chi connectivity index (χ2n) is 6.43. The van der Waals surface area contributed by atoms with E-state index in [0.717, 1.165) is 22.4 Å². The topological polar surface area (TPSA) is 53.3 Å². The molecule has 0 amide bonds. The second kappa shape index (κ2) is 7.71. The Morgan fingerprint density at radius 1 is 1.23 bits per heavy atom. The smallest absolute Gasteiger partial charge is 0.201 e. The van der Waals surface area contributed by atoms with Crippen LogP contribution in [0.1, 0.15) is 16.7 Å². The molecule has 0 bridgehead atoms. The number of ketones is 1. The minimum atomic E-state index is -0.218. The van der Waals surface area contributed by atoms with Crippen molar-refractivity contribution in [1.29, 1.82) is 5.26 Å². The molecule has 26 heavy (non-hydrogen) atoms. The van der Waals surface area contributed by atoms with Crippen molar-refractivity contribution in [2.24, 2.45) is 0 Å². The lowest BCUT2D eigenvalue weighted by Crippen LogP contribution is -2.10. The fourth-order valence-corrected chi connectivity index (χ4v) is 2.86. The molecular formula is C22H20N2O2. The van der Waals surface area contributed by atoms with E-state index in [-0.39, 0.29) is 11.4 Å². The maximum Gasteiger partial charge on any atom is 0.201 e. The van der Waals surface area contributed by atoms with Crippen LogP contribution in [-0.4, -0.2) is 24.8 Å². The van der Waals surface area contributed by atoms with Crippen LogP contribution in [0.5, 0.6) is 5.75 Å². The molecule has 0 saturated carbocycles. The highest BCUT2D eigenvalue weighted by Gasteiger charge is 2.22. The van der Waals surface area contributed by atoms with Crippen LogP contribution in [0.4, 0.5) is 0 Å². The van der Waals surface area contributed by atoms with Gasteiger partial charge in [0.15, 0.2) is 0 Å². The number of benzene rings is 2. The third kappa shape index (κ3) is 4.01. The van der Waals surface area contributed by atoms with Gasteiger partial charge in [0.2, 0.25) is 5.78 Å². The molecule has 2 aromatic rings. The average molecular weight is 344 g/mol. The summed E-state index contributed by atoms with van der Waals surface area (Å²) in [6, 6.07) is 17.8. The Bertz CT molecular complexity index is 919. The summed E-state index contributed by atoms with van der Waals surface area (Å²) in [7, 11) is 3.58. The van der Waals surface area contributed by atoms with Crippen molar-refractivity contribution in [3.8, 4) is 11.8 Å². The predicted octanol–water partition coefficient (Wildman–Crippen LogP) is 3.74. The zero-order valence-corrected chi connectivity index (χ0v) is 14.9. The highest BCUT2D eigenvalue weighted by Crippen LogP contribution is 2.30. The standard InChI is InChI=1S/C22H20N2O2/c1-24(2)14-20(13-23)22(25)19-10-17-8-9-21(12-18(17)11-19)26-15-16-6-4-3-5-7-16/h3-9,11-12,14H,10,15H2,1-2H3. The Kier molecular flexibility index (Phi) is 5.19. The van der Waals surface area contributed by atoms with Crippen molar-refractivity contribution in [1.82, 2.24) is 4.90 Å². The van der Waals surface area contributed by atoms with Crippen molar-refractivity contribution in [3.63, 3.8) is 0 Å². The van der Waals surface area contributed by atoms with Gasteiger partial charge in [-0.2, -0.15) is 5.26 Å². The van der Waals surface area contributed by atoms with Gasteiger partial charge in [0.25, 0.3) is 0 Å². The van der Waals surface area contributed by atoms with E-state index in [0.29, 0.717) is 18.6 Å². The number of ether oxygens (including phenoxy) is 1. The van der Waals surface area contributed by atoms with Gasteiger partial charge < -0.3 is 9.64 Å². The van der Waals surface area contributed by atoms with Crippen LogP contribution in [0, 0.1) is 11.3 Å². The number of allylic oxidation sites excluding steroid dienone is 2. The number of nitriles is 1. The molecule has 1 aliphatic rings. The molecule has 4 heteroatoms. The minimum Gasteiger partial charge on any atom is -0.489 e. The quantitative estimate of drug-likeness (QED) is 0.592. The molecule has 1 aliphatic carbocycles. The van der Waals surface area contributed by atoms with E-state index in [4.69, 9.17) is 4.74 Å². The predicted molar refractivity (Wildman–Crippen MR) is 101 cm³/mol. The van der Waals surface area contributed by atoms with E-state index in [1.807, 2.05) is 60.7 Å². The van der Waals surface area contributed by atoms with Crippen molar-refractivity contribution < 1.29 is 9.53 Å². The van der Waals surface area contributed by atoms with Gasteiger partial charge in [-0.15, -0.1) is 0 Å². The molecule has 0 unspecified atom stereocenters. The first-order chi connectivity index (χ1) is 12.6. The molecule has 4 nitrogen and oxygen atoms in total. The first-order valence-corrected chi connectivity index (χ1v) is 8.40. The second-order valence-corrected chi connectivity index (χ2v) is 6.43. The Balaban J connectivity index is 1.74. The summed E-state index contributed by atoms with van der Waals surface area (Å²) >= 11 is 0. The van der Waals surface area contributed by atoms with Crippen LogP contribution >= 0.6 is 0 Å². The molecule has 3 rings (SSSR count). The molecule has 0 saturated heterocycles. The van der Waals surface area contributed by atoms with Gasteiger partial charge in [0.1, 0.15) is 24.0 Å². The van der Waals surface area contributed by atoms with Crippen LogP contribution in [0.15, 0.2) is 65.9 Å². The number of Topliss-reactive ketones (excluding diaryl/α,β-unsaturated/α-hetero) is 1. The first-order valence-electron chi connectivity index (χ1n) is 8.40. The number of nitrogens with zero attached hydrogens (tertiary/aromatic N) is 2. The Hall–Kier alpha value is -3.32. The molecular weight excluding hydrogens is 324 g/mol. The monoisotopic (exact) mass is 344 g/mol. The van der Waals surface area contributed by atoms with Gasteiger partial charge in [-0.3, -0.25) is 4.79 Å². The van der Waals surface area contributed by atoms with Crippen molar-refractivity contribution in [3.05, 3.63) is 82.6 Å². The van der Waals surface area contributed by atoms with Gasteiger partial charge in [0.05, 0.1) is 0 Å². The Morgan fingerprint density at radius 3 is 2.69 bits per heavy atom. The molecule has 0 aromatic heterocycles. The van der Waals surface area contributed by atoms with Gasteiger partial charge in [-0.25, -0.2) is 0 Å². The van der Waals surface area contributed by atoms with E-state index in [2.05, 4.69) is 0 Å². The van der Waals surface area contributed by atoms with E-state index < -0.39 is 0 Å². The first kappa shape index (κ1) is 17.5. The molecule has 0 radical (unpaired) electrons. The molecule has 0 heterocycles. The van der Waals surface area contributed by atoms with Crippen molar-refractivity contribution in [2.45, 2.75) is 13.0 Å². The molecule has 0 N–H and O–H groups in total. The molecule has 0 fully saturated rings. The van der Waals surface area contributed by atoms with Crippen LogP contribution in [0.3, 0.4) is 0 Å². The SMILES string of the molecule is CN(C)C=C(C#N)C(=O)C1=Cc2cc(OCc3ccccc3)ccc2C1. The van der Waals surface area contributed by atoms with Crippen LogP contribution in [0.25, 0.3) is 6.08 Å². The van der Waals surface area contributed by atoms with E-state index in [1.165, 1.54) is 0 Å². The summed E-state index contributed by atoms with van der Waals surface area (Å²) in [5, 5.41) is 9.23. The maximum absolute atomic E-state index is 12.6. The molecule has 0 aliphatic heterocycles.